The highest BCUT2D eigenvalue weighted by Crippen LogP contribution is 2.79. The summed E-state index contributed by atoms with van der Waals surface area (Å²) in [6.45, 7) is 2.18. The van der Waals surface area contributed by atoms with Gasteiger partial charge in [0.25, 0.3) is 5.84 Å². The van der Waals surface area contributed by atoms with Crippen molar-refractivity contribution in [1.82, 2.24) is 0 Å². The van der Waals surface area contributed by atoms with Gasteiger partial charge in [-0.3, -0.25) is 5.73 Å². The molecular weight excluding hydrogens is 308 g/mol. The standard InChI is InChI=1S/C17H16N4O3/c1-10-7-23-17(24-10)16(9-19)13(15(16,8-18)14(20)21-17)11-5-3-4-6-12(11)22-2/h3-6,10,13H,7H2,1-2H3,(H2,20,21)/p+1/t10-,13-,15-,16-,17-/m1/s1. The maximum atomic E-state index is 10.1. The van der Waals surface area contributed by atoms with Gasteiger partial charge in [-0.25, -0.2) is 4.99 Å². The first kappa shape index (κ1) is 14.9. The molecule has 1 aromatic carbocycles. The van der Waals surface area contributed by atoms with Crippen LogP contribution >= 0.6 is 0 Å². The minimum Gasteiger partial charge on any atom is -0.496 e. The summed E-state index contributed by atoms with van der Waals surface area (Å²) >= 11 is 0. The van der Waals surface area contributed by atoms with Crippen molar-refractivity contribution in [2.24, 2.45) is 16.6 Å². The molecule has 0 aromatic heterocycles. The number of nitrogens with one attached hydrogen (secondary N) is 1. The first-order valence-electron chi connectivity index (χ1n) is 7.71. The van der Waals surface area contributed by atoms with Crippen LogP contribution in [0.3, 0.4) is 0 Å². The van der Waals surface area contributed by atoms with E-state index in [1.54, 1.807) is 13.2 Å². The molecule has 5 atom stereocenters. The molecule has 3 N–H and O–H groups in total. The average molecular weight is 325 g/mol. The first-order valence-corrected chi connectivity index (χ1v) is 7.71. The van der Waals surface area contributed by atoms with Gasteiger partial charge in [-0.1, -0.05) is 18.2 Å². The van der Waals surface area contributed by atoms with Crippen molar-refractivity contribution in [3.63, 3.8) is 0 Å². The second-order valence-corrected chi connectivity index (χ2v) is 6.41. The van der Waals surface area contributed by atoms with Gasteiger partial charge in [-0.2, -0.15) is 10.5 Å². The Morgan fingerprint density at radius 2 is 2.08 bits per heavy atom. The van der Waals surface area contributed by atoms with Gasteiger partial charge in [0.1, 0.15) is 5.75 Å². The van der Waals surface area contributed by atoms with Crippen LogP contribution in [0.1, 0.15) is 18.4 Å². The van der Waals surface area contributed by atoms with E-state index in [-0.39, 0.29) is 11.9 Å². The van der Waals surface area contributed by atoms with Crippen molar-refractivity contribution in [2.45, 2.75) is 24.9 Å². The molecule has 1 aromatic rings. The molecule has 1 saturated carbocycles. The highest BCUT2D eigenvalue weighted by Gasteiger charge is 2.98. The van der Waals surface area contributed by atoms with Gasteiger partial charge in [0.2, 0.25) is 0 Å². The highest BCUT2D eigenvalue weighted by molar-refractivity contribution is 5.95. The maximum absolute atomic E-state index is 10.1. The summed E-state index contributed by atoms with van der Waals surface area (Å²) in [5.74, 6) is -1.10. The summed E-state index contributed by atoms with van der Waals surface area (Å²) in [5, 5.41) is 20.0. The Morgan fingerprint density at radius 3 is 2.67 bits per heavy atom. The van der Waals surface area contributed by atoms with Gasteiger partial charge >= 0.3 is 5.91 Å². The molecule has 2 heterocycles. The Morgan fingerprint density at radius 1 is 1.33 bits per heavy atom. The van der Waals surface area contributed by atoms with Crippen LogP contribution in [0.25, 0.3) is 0 Å². The average Bonchev–Trinajstić information content (AvgIpc) is 2.98. The molecule has 1 saturated heterocycles. The van der Waals surface area contributed by atoms with Gasteiger partial charge < -0.3 is 14.2 Å². The Balaban J connectivity index is 1.94. The zero-order valence-corrected chi connectivity index (χ0v) is 13.4. The van der Waals surface area contributed by atoms with Crippen LogP contribution in [0.5, 0.6) is 5.75 Å². The zero-order valence-electron chi connectivity index (χ0n) is 13.4. The number of nitrogens with zero attached hydrogens (tertiary/aromatic N) is 2. The van der Waals surface area contributed by atoms with Crippen LogP contribution < -0.4 is 15.5 Å². The van der Waals surface area contributed by atoms with Gasteiger partial charge in [0.15, 0.2) is 10.8 Å². The third-order valence-corrected chi connectivity index (χ3v) is 5.34. The number of para-hydroxylation sites is 1. The van der Waals surface area contributed by atoms with Crippen molar-refractivity contribution in [3.8, 4) is 17.9 Å². The molecule has 3 aliphatic rings. The zero-order chi connectivity index (χ0) is 17.2. The van der Waals surface area contributed by atoms with Crippen LogP contribution in [-0.4, -0.2) is 31.6 Å². The predicted molar refractivity (Wildman–Crippen MR) is 81.2 cm³/mol. The number of hydrogen-bond acceptors (Lipinski definition) is 6. The molecule has 0 radical (unpaired) electrons. The number of ether oxygens (including phenoxy) is 3. The summed E-state index contributed by atoms with van der Waals surface area (Å²) in [6.07, 6.45) is -0.205. The molecule has 7 heteroatoms. The fourth-order valence-electron chi connectivity index (χ4n) is 4.34. The van der Waals surface area contributed by atoms with E-state index in [0.29, 0.717) is 12.4 Å². The number of amidine groups is 1. The summed E-state index contributed by atoms with van der Waals surface area (Å²) in [7, 11) is 1.56. The topological polar surface area (TPSA) is 115 Å². The maximum Gasteiger partial charge on any atom is 0.343 e. The largest absolute Gasteiger partial charge is 0.496 e. The van der Waals surface area contributed by atoms with E-state index in [1.165, 1.54) is 0 Å². The SMILES string of the molecule is COc1ccccc1[C@H]1[C@@]2(C#N)[C@@]3([NH+]=C(N)[C@@]12C#N)OC[C@@H](C)O3. The highest BCUT2D eigenvalue weighted by atomic mass is 16.8. The van der Waals surface area contributed by atoms with Crippen LogP contribution in [0.15, 0.2) is 24.3 Å². The van der Waals surface area contributed by atoms with E-state index < -0.39 is 22.7 Å². The Kier molecular flexibility index (Phi) is 2.79. The second-order valence-electron chi connectivity index (χ2n) is 6.41. The summed E-state index contributed by atoms with van der Waals surface area (Å²) in [6, 6.07) is 11.9. The van der Waals surface area contributed by atoms with Gasteiger partial charge in [-0.05, 0) is 13.0 Å². The lowest BCUT2D eigenvalue weighted by atomic mass is 9.93. The van der Waals surface area contributed by atoms with Crippen LogP contribution in [-0.2, 0) is 9.47 Å². The number of nitrogens with two attached hydrogens (primary N) is 1. The summed E-state index contributed by atoms with van der Waals surface area (Å²) < 4.78 is 17.2. The van der Waals surface area contributed by atoms with E-state index in [9.17, 15) is 10.5 Å². The van der Waals surface area contributed by atoms with Gasteiger partial charge in [0.05, 0.1) is 37.9 Å². The fourth-order valence-corrected chi connectivity index (χ4v) is 4.34. The van der Waals surface area contributed by atoms with E-state index in [0.717, 1.165) is 5.56 Å². The normalized spacial score (nSPS) is 42.1. The van der Waals surface area contributed by atoms with Gasteiger partial charge in [0, 0.05) is 5.56 Å². The monoisotopic (exact) mass is 325 g/mol. The van der Waals surface area contributed by atoms with Crippen LogP contribution in [0, 0.1) is 33.5 Å². The molecule has 0 amide bonds. The number of rotatable bonds is 2. The van der Waals surface area contributed by atoms with Crippen molar-refractivity contribution >= 4 is 5.84 Å². The number of fused-ring (bicyclic) bond motifs is 2. The lowest BCUT2D eigenvalue weighted by Gasteiger charge is -2.24. The molecule has 0 bridgehead atoms. The third kappa shape index (κ3) is 1.32. The summed E-state index contributed by atoms with van der Waals surface area (Å²) in [4.78, 5) is 2.94. The summed E-state index contributed by atoms with van der Waals surface area (Å²) in [5.41, 5.74) is 4.44. The van der Waals surface area contributed by atoms with E-state index in [1.807, 2.05) is 25.1 Å². The lowest BCUT2D eigenvalue weighted by molar-refractivity contribution is -0.677. The van der Waals surface area contributed by atoms with Crippen molar-refractivity contribution in [1.29, 1.82) is 10.5 Å². The minimum atomic E-state index is -1.41. The van der Waals surface area contributed by atoms with Crippen LogP contribution in [0.4, 0.5) is 0 Å². The number of methoxy groups -OCH3 is 1. The Hall–Kier alpha value is -2.61. The van der Waals surface area contributed by atoms with E-state index in [2.05, 4.69) is 17.1 Å². The smallest absolute Gasteiger partial charge is 0.343 e. The lowest BCUT2D eigenvalue weighted by Crippen LogP contribution is -2.90. The Labute approximate surface area is 139 Å². The molecule has 122 valence electrons. The number of nitriles is 2. The number of benzene rings is 1. The van der Waals surface area contributed by atoms with E-state index >= 15 is 0 Å². The predicted octanol–water partition coefficient (Wildman–Crippen LogP) is -0.647. The van der Waals surface area contributed by atoms with Crippen LogP contribution in [0.2, 0.25) is 0 Å². The molecule has 2 aliphatic heterocycles. The molecule has 7 nitrogen and oxygen atoms in total. The quantitative estimate of drug-likeness (QED) is 0.747. The van der Waals surface area contributed by atoms with Gasteiger partial charge in [-0.15, -0.1) is 0 Å². The second kappa shape index (κ2) is 4.47. The molecular formula is C17H17N4O3+. The van der Waals surface area contributed by atoms with Crippen molar-refractivity contribution in [2.75, 3.05) is 13.7 Å². The van der Waals surface area contributed by atoms with E-state index in [4.69, 9.17) is 19.9 Å². The molecule has 4 rings (SSSR count). The molecule has 1 spiro atoms. The number of hydrogen-bond donors (Lipinski definition) is 2. The first-order chi connectivity index (χ1) is 11.5. The van der Waals surface area contributed by atoms with Crippen molar-refractivity contribution in [3.05, 3.63) is 29.8 Å². The molecule has 1 aliphatic carbocycles. The van der Waals surface area contributed by atoms with Crippen molar-refractivity contribution < 1.29 is 19.2 Å². The minimum absolute atomic E-state index is 0.205. The molecule has 0 unspecified atom stereocenters. The third-order valence-electron chi connectivity index (χ3n) is 5.34. The molecule has 2 fully saturated rings. The molecule has 24 heavy (non-hydrogen) atoms. The Bertz CT molecular complexity index is 841. The fraction of sp³-hybridized carbons (Fsp3) is 0.471.